The normalized spacial score (nSPS) is 37.9. The van der Waals surface area contributed by atoms with E-state index in [2.05, 4.69) is 91.5 Å². The second kappa shape index (κ2) is 14.3. The van der Waals surface area contributed by atoms with E-state index in [0.717, 1.165) is 18.3 Å². The van der Waals surface area contributed by atoms with Crippen LogP contribution < -0.4 is 24.8 Å². The number of rotatable bonds is 0. The van der Waals surface area contributed by atoms with Crippen molar-refractivity contribution in [3.05, 3.63) is 104 Å². The Bertz CT molecular complexity index is 929. The minimum absolute atomic E-state index is 0. The predicted molar refractivity (Wildman–Crippen MR) is 137 cm³/mol. The van der Waals surface area contributed by atoms with Crippen LogP contribution in [0.3, 0.4) is 0 Å². The van der Waals surface area contributed by atoms with Crippen LogP contribution in [0.1, 0.15) is 38.5 Å². The van der Waals surface area contributed by atoms with E-state index >= 15 is 0 Å². The fourth-order valence-corrected chi connectivity index (χ4v) is 7.77. The Kier molecular flexibility index (Phi) is 11.7. The first-order valence-corrected chi connectivity index (χ1v) is 14.2. The first-order valence-electron chi connectivity index (χ1n) is 13.0. The summed E-state index contributed by atoms with van der Waals surface area (Å²) in [7, 11) is 0. The zero-order valence-corrected chi connectivity index (χ0v) is 24.3. The maximum atomic E-state index is 2.99. The Morgan fingerprint density at radius 2 is 1.23 bits per heavy atom. The van der Waals surface area contributed by atoms with Crippen molar-refractivity contribution in [2.75, 3.05) is 0 Å². The van der Waals surface area contributed by atoms with Crippen molar-refractivity contribution >= 4 is 3.21 Å². The van der Waals surface area contributed by atoms with Crippen LogP contribution in [-0.2, 0) is 24.2 Å². The summed E-state index contributed by atoms with van der Waals surface area (Å²) in [5.74, 6) is 5.66. The number of hydrogen-bond donors (Lipinski definition) is 0. The molecule has 35 heavy (non-hydrogen) atoms. The molecular formula is C32H36Cl2Zr-2. The van der Waals surface area contributed by atoms with E-state index in [1.807, 2.05) is 12.2 Å². The van der Waals surface area contributed by atoms with Crippen molar-refractivity contribution in [3.8, 4) is 0 Å². The van der Waals surface area contributed by atoms with Gasteiger partial charge in [0, 0.05) is 0 Å². The summed E-state index contributed by atoms with van der Waals surface area (Å²) in [6.07, 6.45) is 48.3. The van der Waals surface area contributed by atoms with Gasteiger partial charge in [-0.05, 0) is 29.6 Å². The Morgan fingerprint density at radius 1 is 0.657 bits per heavy atom. The van der Waals surface area contributed by atoms with Crippen LogP contribution in [0.2, 0.25) is 0 Å². The molecule has 0 bridgehead atoms. The molecule has 3 heteroatoms. The third-order valence-electron chi connectivity index (χ3n) is 8.38. The molecule has 3 saturated carbocycles. The average Bonchev–Trinajstić information content (AvgIpc) is 3.57. The van der Waals surface area contributed by atoms with E-state index < -0.39 is 0 Å². The molecule has 0 heterocycles. The Balaban J connectivity index is 0.000000204. The minimum atomic E-state index is 0. The summed E-state index contributed by atoms with van der Waals surface area (Å²) in [5.41, 5.74) is 0. The molecule has 0 nitrogen and oxygen atoms in total. The van der Waals surface area contributed by atoms with Gasteiger partial charge >= 0.3 is 59.5 Å². The maximum absolute atomic E-state index is 2.99. The fourth-order valence-electron chi connectivity index (χ4n) is 6.90. The van der Waals surface area contributed by atoms with Gasteiger partial charge < -0.3 is 31.2 Å². The van der Waals surface area contributed by atoms with E-state index in [-0.39, 0.29) is 24.8 Å². The van der Waals surface area contributed by atoms with Gasteiger partial charge in [-0.25, -0.2) is 12.2 Å². The van der Waals surface area contributed by atoms with E-state index in [1.54, 1.807) is 27.4 Å². The topological polar surface area (TPSA) is 0 Å². The van der Waals surface area contributed by atoms with Crippen molar-refractivity contribution in [1.82, 2.24) is 0 Å². The monoisotopic (exact) mass is 580 g/mol. The number of hydrogen-bond acceptors (Lipinski definition) is 0. The molecule has 8 atom stereocenters. The molecule has 7 rings (SSSR count). The van der Waals surface area contributed by atoms with Crippen LogP contribution in [0.4, 0.5) is 0 Å². The summed E-state index contributed by atoms with van der Waals surface area (Å²) in [5, 5.41) is 0. The molecule has 0 aromatic heterocycles. The molecule has 0 amide bonds. The van der Waals surface area contributed by atoms with E-state index in [4.69, 9.17) is 0 Å². The molecule has 0 spiro atoms. The van der Waals surface area contributed by atoms with Gasteiger partial charge in [-0.1, -0.05) is 72.8 Å². The van der Waals surface area contributed by atoms with Gasteiger partial charge in [0.1, 0.15) is 0 Å². The van der Waals surface area contributed by atoms with Gasteiger partial charge in [-0.15, -0.1) is 18.4 Å². The molecule has 7 aliphatic carbocycles. The van der Waals surface area contributed by atoms with Gasteiger partial charge in [0.05, 0.1) is 0 Å². The number of allylic oxidation sites excluding steroid dienone is 16. The SMILES string of the molecule is C1=CC2[CH-]C3C4C=CC=CC4C4C=CC=CC4C3C2C=C1.[C-]1=CC=CC1.[Cl-].[Cl-].[Zr+2]=[C]1CCCCC1. The fraction of sp³-hybridized carbons (Fsp3) is 0.438. The van der Waals surface area contributed by atoms with Crippen molar-refractivity contribution in [2.45, 2.75) is 38.5 Å². The van der Waals surface area contributed by atoms with Gasteiger partial charge in [0.2, 0.25) is 0 Å². The first kappa shape index (κ1) is 28.8. The van der Waals surface area contributed by atoms with Crippen LogP contribution in [0.5, 0.6) is 0 Å². The van der Waals surface area contributed by atoms with Crippen LogP contribution >= 0.6 is 0 Å². The molecule has 8 unspecified atom stereocenters. The molecular weight excluding hydrogens is 546 g/mol. The van der Waals surface area contributed by atoms with E-state index in [1.165, 1.54) is 32.1 Å². The Labute approximate surface area is 240 Å². The zero-order valence-electron chi connectivity index (χ0n) is 20.4. The quantitative estimate of drug-likeness (QED) is 0.380. The third-order valence-corrected chi connectivity index (χ3v) is 9.61. The molecule has 3 fully saturated rings. The number of fused-ring (bicyclic) bond motifs is 8. The van der Waals surface area contributed by atoms with Crippen LogP contribution in [0.25, 0.3) is 0 Å². The molecule has 184 valence electrons. The van der Waals surface area contributed by atoms with Gasteiger partial charge in [0.15, 0.2) is 0 Å². The summed E-state index contributed by atoms with van der Waals surface area (Å²) < 4.78 is 1.80. The van der Waals surface area contributed by atoms with Crippen molar-refractivity contribution in [3.63, 3.8) is 0 Å². The first-order chi connectivity index (χ1) is 16.3. The van der Waals surface area contributed by atoms with Crippen molar-refractivity contribution < 1.29 is 49.0 Å². The molecule has 0 radical (unpaired) electrons. The van der Waals surface area contributed by atoms with E-state index in [9.17, 15) is 0 Å². The van der Waals surface area contributed by atoms with Gasteiger partial charge in [-0.3, -0.25) is 6.08 Å². The Morgan fingerprint density at radius 3 is 1.77 bits per heavy atom. The van der Waals surface area contributed by atoms with Crippen molar-refractivity contribution in [2.24, 2.45) is 47.3 Å². The molecule has 0 aromatic carbocycles. The molecule has 7 aliphatic rings. The summed E-state index contributed by atoms with van der Waals surface area (Å²) in [6, 6.07) is 0. The zero-order chi connectivity index (χ0) is 22.5. The summed E-state index contributed by atoms with van der Waals surface area (Å²) >= 11 is 1.69. The van der Waals surface area contributed by atoms with E-state index in [0.29, 0.717) is 35.5 Å². The molecule has 0 aliphatic heterocycles. The second-order valence-electron chi connectivity index (χ2n) is 10.3. The Hall–Kier alpha value is -0.747. The standard InChI is InChI=1S/C21H21.C6H10.C5H5.2ClH.Zr/c1-2-8-15-14(7-1)13-20-18-11-4-3-9-16(18)17-10-5-6-12-19(17)21(15)20;1-2-4-6-5-3-1;1-2-4-5-3-1;;;/h1-21H;1-5H2;1-3H,4H2;2*1H;/q-1;;-1;;;+2/p-2. The summed E-state index contributed by atoms with van der Waals surface area (Å²) in [4.78, 5) is 0. The van der Waals surface area contributed by atoms with Crippen LogP contribution in [0.15, 0.2) is 91.1 Å². The predicted octanol–water partition coefficient (Wildman–Crippen LogP) is 1.51. The average molecular weight is 583 g/mol. The second-order valence-corrected chi connectivity index (χ2v) is 12.0. The van der Waals surface area contributed by atoms with Crippen LogP contribution in [0, 0.1) is 59.8 Å². The van der Waals surface area contributed by atoms with Gasteiger partial charge in [0.25, 0.3) is 0 Å². The third kappa shape index (κ3) is 6.77. The molecule has 0 aromatic rings. The molecule has 0 N–H and O–H groups in total. The van der Waals surface area contributed by atoms with Crippen LogP contribution in [-0.4, -0.2) is 3.21 Å². The summed E-state index contributed by atoms with van der Waals surface area (Å²) in [6.45, 7) is 0. The van der Waals surface area contributed by atoms with Crippen molar-refractivity contribution in [1.29, 1.82) is 0 Å². The molecule has 0 saturated heterocycles. The van der Waals surface area contributed by atoms with Gasteiger partial charge in [-0.2, -0.15) is 12.0 Å². The number of halogens is 2.